The van der Waals surface area contributed by atoms with Crippen LogP contribution in [-0.2, 0) is 19.1 Å². The summed E-state index contributed by atoms with van der Waals surface area (Å²) in [5.41, 5.74) is 1.89. The van der Waals surface area contributed by atoms with Gasteiger partial charge in [0.2, 0.25) is 0 Å². The van der Waals surface area contributed by atoms with Crippen molar-refractivity contribution in [3.05, 3.63) is 24.3 Å². The number of nitrogens with zero attached hydrogens (tertiary/aromatic N) is 1. The summed E-state index contributed by atoms with van der Waals surface area (Å²) in [6.07, 6.45) is 1.09. The molecule has 2 N–H and O–H groups in total. The fourth-order valence-corrected chi connectivity index (χ4v) is 2.06. The molecule has 1 aromatic rings. The average molecular weight is 352 g/mol. The molecule has 1 rings (SSSR count). The number of likely N-dealkylation sites (N-methyl/N-ethyl adjacent to an activating group) is 1. The van der Waals surface area contributed by atoms with Gasteiger partial charge in [0.15, 0.2) is 0 Å². The number of hydrogen-bond donors (Lipinski definition) is 2. The topological polar surface area (TPSA) is 88.1 Å². The summed E-state index contributed by atoms with van der Waals surface area (Å²) in [4.78, 5) is 23.5. The van der Waals surface area contributed by atoms with E-state index in [1.165, 1.54) is 0 Å². The molecule has 1 unspecified atom stereocenters. The van der Waals surface area contributed by atoms with Crippen LogP contribution in [0.15, 0.2) is 24.3 Å². The fourth-order valence-electron chi connectivity index (χ4n) is 2.06. The van der Waals surface area contributed by atoms with Gasteiger partial charge in [-0.3, -0.25) is 4.79 Å². The van der Waals surface area contributed by atoms with E-state index in [4.69, 9.17) is 9.47 Å². The summed E-state index contributed by atoms with van der Waals surface area (Å²) < 4.78 is 10.1. The number of aliphatic hydroxyl groups excluding tert-OH is 1. The Balaban J connectivity index is 2.31. The zero-order chi connectivity index (χ0) is 18.5. The zero-order valence-corrected chi connectivity index (χ0v) is 14.9. The van der Waals surface area contributed by atoms with Crippen molar-refractivity contribution in [1.29, 1.82) is 0 Å². The average Bonchev–Trinajstić information content (AvgIpc) is 2.62. The summed E-state index contributed by atoms with van der Waals surface area (Å²) in [7, 11) is 1.95. The lowest BCUT2D eigenvalue weighted by Crippen LogP contribution is -2.26. The first-order chi connectivity index (χ1) is 12.1. The molecule has 1 atom stereocenters. The van der Waals surface area contributed by atoms with Crippen LogP contribution in [-0.4, -0.2) is 63.4 Å². The van der Waals surface area contributed by atoms with Crippen molar-refractivity contribution in [2.24, 2.45) is 0 Å². The third-order valence-corrected chi connectivity index (χ3v) is 3.50. The number of aldehydes is 1. The Morgan fingerprint density at radius 2 is 2.08 bits per heavy atom. The standard InChI is InChI=1S/C18H28N2O5/c1-3-4-18(23)25-14-17(22)13-19-15-5-7-16(8-6-15)20(2)9-11-24-12-10-21/h5-8,10,17,19,22H,3-4,9,11-14H2,1-2H3. The Morgan fingerprint density at radius 3 is 2.72 bits per heavy atom. The maximum absolute atomic E-state index is 11.3. The minimum absolute atomic E-state index is 0.00650. The van der Waals surface area contributed by atoms with Gasteiger partial charge in [0.1, 0.15) is 25.6 Å². The lowest BCUT2D eigenvalue weighted by Gasteiger charge is -2.19. The number of esters is 1. The molecule has 0 amide bonds. The summed E-state index contributed by atoms with van der Waals surface area (Å²) in [5, 5.41) is 12.9. The van der Waals surface area contributed by atoms with Crippen molar-refractivity contribution in [2.75, 3.05) is 50.2 Å². The minimum Gasteiger partial charge on any atom is -0.463 e. The molecular formula is C18H28N2O5. The van der Waals surface area contributed by atoms with Gasteiger partial charge >= 0.3 is 5.97 Å². The Bertz CT molecular complexity index is 507. The van der Waals surface area contributed by atoms with Crippen LogP contribution in [0.25, 0.3) is 0 Å². The van der Waals surface area contributed by atoms with Crippen molar-refractivity contribution in [1.82, 2.24) is 0 Å². The van der Waals surface area contributed by atoms with Crippen LogP contribution in [0, 0.1) is 0 Å². The SMILES string of the molecule is CCCC(=O)OCC(O)CNc1ccc(N(C)CCOCC=O)cc1. The smallest absolute Gasteiger partial charge is 0.305 e. The first-order valence-electron chi connectivity index (χ1n) is 8.47. The van der Waals surface area contributed by atoms with Crippen molar-refractivity contribution in [3.8, 4) is 0 Å². The molecule has 25 heavy (non-hydrogen) atoms. The Labute approximate surface area is 148 Å². The third kappa shape index (κ3) is 9.07. The van der Waals surface area contributed by atoms with E-state index in [0.29, 0.717) is 26.1 Å². The van der Waals surface area contributed by atoms with Gasteiger partial charge in [-0.05, 0) is 30.7 Å². The van der Waals surface area contributed by atoms with Crippen molar-refractivity contribution in [3.63, 3.8) is 0 Å². The van der Waals surface area contributed by atoms with E-state index in [9.17, 15) is 14.7 Å². The Kier molecular flexibility index (Phi) is 10.3. The van der Waals surface area contributed by atoms with Crippen molar-refractivity contribution in [2.45, 2.75) is 25.9 Å². The molecule has 0 aliphatic carbocycles. The highest BCUT2D eigenvalue weighted by atomic mass is 16.5. The highest BCUT2D eigenvalue weighted by Gasteiger charge is 2.08. The number of aliphatic hydroxyl groups is 1. The van der Waals surface area contributed by atoms with E-state index in [2.05, 4.69) is 5.32 Å². The lowest BCUT2D eigenvalue weighted by atomic mass is 10.2. The van der Waals surface area contributed by atoms with Gasteiger partial charge < -0.3 is 29.6 Å². The van der Waals surface area contributed by atoms with Crippen molar-refractivity contribution < 1.29 is 24.2 Å². The summed E-state index contributed by atoms with van der Waals surface area (Å²) in [6, 6.07) is 7.73. The molecule has 7 heteroatoms. The molecule has 0 fully saturated rings. The number of nitrogens with one attached hydrogen (secondary N) is 1. The van der Waals surface area contributed by atoms with Gasteiger partial charge in [-0.2, -0.15) is 0 Å². The van der Waals surface area contributed by atoms with Gasteiger partial charge in [0.25, 0.3) is 0 Å². The molecule has 0 aliphatic rings. The predicted molar refractivity (Wildman–Crippen MR) is 97.0 cm³/mol. The molecule has 0 bridgehead atoms. The summed E-state index contributed by atoms with van der Waals surface area (Å²) in [5.74, 6) is -0.286. The van der Waals surface area contributed by atoms with Crippen LogP contribution in [0.4, 0.5) is 11.4 Å². The monoisotopic (exact) mass is 352 g/mol. The van der Waals surface area contributed by atoms with E-state index in [0.717, 1.165) is 24.1 Å². The number of carbonyl (C=O) groups is 2. The first kappa shape index (κ1) is 20.9. The van der Waals surface area contributed by atoms with Gasteiger partial charge in [-0.1, -0.05) is 6.92 Å². The van der Waals surface area contributed by atoms with Crippen LogP contribution < -0.4 is 10.2 Å². The number of ether oxygens (including phenoxy) is 2. The van der Waals surface area contributed by atoms with Crippen LogP contribution in [0.5, 0.6) is 0 Å². The fraction of sp³-hybridized carbons (Fsp3) is 0.556. The van der Waals surface area contributed by atoms with Gasteiger partial charge in [-0.25, -0.2) is 0 Å². The molecule has 0 heterocycles. The molecule has 7 nitrogen and oxygen atoms in total. The number of rotatable bonds is 13. The Hall–Kier alpha value is -2.12. The van der Waals surface area contributed by atoms with E-state index in [1.807, 2.05) is 43.1 Å². The highest BCUT2D eigenvalue weighted by Crippen LogP contribution is 2.16. The maximum Gasteiger partial charge on any atom is 0.305 e. The van der Waals surface area contributed by atoms with Gasteiger partial charge in [-0.15, -0.1) is 0 Å². The normalized spacial score (nSPS) is 11.6. The van der Waals surface area contributed by atoms with E-state index in [1.54, 1.807) is 0 Å². The molecule has 140 valence electrons. The highest BCUT2D eigenvalue weighted by molar-refractivity contribution is 5.69. The van der Waals surface area contributed by atoms with Gasteiger partial charge in [0, 0.05) is 37.9 Å². The molecule has 0 saturated carbocycles. The van der Waals surface area contributed by atoms with E-state index in [-0.39, 0.29) is 19.2 Å². The summed E-state index contributed by atoms with van der Waals surface area (Å²) >= 11 is 0. The van der Waals surface area contributed by atoms with Gasteiger partial charge in [0.05, 0.1) is 6.61 Å². The number of benzene rings is 1. The molecular weight excluding hydrogens is 324 g/mol. The van der Waals surface area contributed by atoms with Crippen LogP contribution in [0.3, 0.4) is 0 Å². The second-order valence-electron chi connectivity index (χ2n) is 5.68. The largest absolute Gasteiger partial charge is 0.463 e. The maximum atomic E-state index is 11.3. The Morgan fingerprint density at radius 1 is 1.36 bits per heavy atom. The van der Waals surface area contributed by atoms with Crippen LogP contribution in [0.1, 0.15) is 19.8 Å². The third-order valence-electron chi connectivity index (χ3n) is 3.50. The number of carbonyl (C=O) groups excluding carboxylic acids is 2. The second-order valence-corrected chi connectivity index (χ2v) is 5.68. The minimum atomic E-state index is -0.752. The number of hydrogen-bond acceptors (Lipinski definition) is 7. The number of anilines is 2. The quantitative estimate of drug-likeness (QED) is 0.316. The molecule has 0 radical (unpaired) electrons. The first-order valence-corrected chi connectivity index (χ1v) is 8.47. The van der Waals surface area contributed by atoms with Crippen molar-refractivity contribution >= 4 is 23.6 Å². The molecule has 0 saturated heterocycles. The molecule has 0 spiro atoms. The van der Waals surface area contributed by atoms with E-state index >= 15 is 0 Å². The molecule has 0 aromatic heterocycles. The predicted octanol–water partition coefficient (Wildman–Crippen LogP) is 1.45. The summed E-state index contributed by atoms with van der Waals surface area (Å²) in [6.45, 7) is 3.48. The second kappa shape index (κ2) is 12.3. The lowest BCUT2D eigenvalue weighted by molar-refractivity contribution is -0.146. The molecule has 0 aliphatic heterocycles. The van der Waals surface area contributed by atoms with Crippen LogP contribution >= 0.6 is 0 Å². The van der Waals surface area contributed by atoms with E-state index < -0.39 is 6.10 Å². The van der Waals surface area contributed by atoms with Crippen LogP contribution in [0.2, 0.25) is 0 Å². The zero-order valence-electron chi connectivity index (χ0n) is 14.9. The molecule has 1 aromatic carbocycles.